The molecule has 3 unspecified atom stereocenters. The van der Waals surface area contributed by atoms with Gasteiger partial charge in [0.05, 0.1) is 23.5 Å². The molecule has 0 radical (unpaired) electrons. The number of amides is 1. The third kappa shape index (κ3) is 4.92. The number of hydrogen-bond acceptors (Lipinski definition) is 6. The number of nitrogens with zero attached hydrogens (tertiary/aromatic N) is 5. The number of anilines is 2. The Labute approximate surface area is 191 Å². The van der Waals surface area contributed by atoms with E-state index in [1.165, 1.54) is 12.4 Å². The number of halogens is 1. The Morgan fingerprint density at radius 2 is 1.91 bits per heavy atom. The standard InChI is InChI=1S/C22H25FN6OP2/c1-13(2)19-26-9-14(10-27-19)21(30)28-18-16(17-4-3-15(31)11-25-17)5-7-24-20(18)29-8-6-22(23,32)12-29/h3-5,7,9-11,13H,6,8,12,31-32H2,1-2H3,(H,28,30). The van der Waals surface area contributed by atoms with Crippen LogP contribution in [0.3, 0.4) is 0 Å². The molecule has 32 heavy (non-hydrogen) atoms. The Balaban J connectivity index is 1.73. The summed E-state index contributed by atoms with van der Waals surface area (Å²) in [6.07, 6.45) is 6.77. The Kier molecular flexibility index (Phi) is 6.45. The zero-order chi connectivity index (χ0) is 22.9. The maximum atomic E-state index is 14.6. The fourth-order valence-electron chi connectivity index (χ4n) is 3.51. The van der Waals surface area contributed by atoms with E-state index in [1.54, 1.807) is 18.5 Å². The van der Waals surface area contributed by atoms with Crippen LogP contribution in [0.2, 0.25) is 0 Å². The van der Waals surface area contributed by atoms with E-state index in [0.29, 0.717) is 47.1 Å². The predicted octanol–water partition coefficient (Wildman–Crippen LogP) is 3.56. The molecule has 3 atom stereocenters. The molecule has 0 bridgehead atoms. The lowest BCUT2D eigenvalue weighted by Crippen LogP contribution is -2.26. The quantitative estimate of drug-likeness (QED) is 0.575. The van der Waals surface area contributed by atoms with E-state index in [2.05, 4.69) is 43.7 Å². The summed E-state index contributed by atoms with van der Waals surface area (Å²) < 4.78 is 14.6. The van der Waals surface area contributed by atoms with E-state index in [-0.39, 0.29) is 18.4 Å². The van der Waals surface area contributed by atoms with Gasteiger partial charge >= 0.3 is 0 Å². The number of alkyl halides is 1. The van der Waals surface area contributed by atoms with Gasteiger partial charge in [0.2, 0.25) is 0 Å². The van der Waals surface area contributed by atoms with Crippen molar-refractivity contribution >= 4 is 41.2 Å². The summed E-state index contributed by atoms with van der Waals surface area (Å²) in [6.45, 7) is 4.64. The summed E-state index contributed by atoms with van der Waals surface area (Å²) in [5.74, 6) is 0.977. The minimum absolute atomic E-state index is 0.164. The first-order valence-corrected chi connectivity index (χ1v) is 11.5. The minimum Gasteiger partial charge on any atom is -0.351 e. The van der Waals surface area contributed by atoms with Crippen molar-refractivity contribution in [3.63, 3.8) is 0 Å². The Morgan fingerprint density at radius 1 is 1.16 bits per heavy atom. The van der Waals surface area contributed by atoms with Crippen LogP contribution in [0.1, 0.15) is 42.4 Å². The average Bonchev–Trinajstić information content (AvgIpc) is 3.14. The van der Waals surface area contributed by atoms with Crippen LogP contribution < -0.4 is 15.5 Å². The number of rotatable bonds is 5. The van der Waals surface area contributed by atoms with Crippen LogP contribution in [0.5, 0.6) is 0 Å². The molecule has 0 spiro atoms. The number of carbonyl (C=O) groups is 1. The van der Waals surface area contributed by atoms with Crippen LogP contribution in [-0.2, 0) is 0 Å². The van der Waals surface area contributed by atoms with Gasteiger partial charge in [0, 0.05) is 49.2 Å². The smallest absolute Gasteiger partial charge is 0.258 e. The highest BCUT2D eigenvalue weighted by Gasteiger charge is 2.36. The topological polar surface area (TPSA) is 83.9 Å². The van der Waals surface area contributed by atoms with Crippen LogP contribution in [0.25, 0.3) is 11.3 Å². The maximum Gasteiger partial charge on any atom is 0.258 e. The largest absolute Gasteiger partial charge is 0.351 e. The van der Waals surface area contributed by atoms with Crippen molar-refractivity contribution in [3.8, 4) is 11.3 Å². The maximum absolute atomic E-state index is 14.6. The molecule has 4 rings (SSSR count). The van der Waals surface area contributed by atoms with Crippen molar-refractivity contribution in [3.05, 3.63) is 54.4 Å². The first kappa shape index (κ1) is 22.6. The molecule has 4 heterocycles. The number of hydrogen-bond donors (Lipinski definition) is 1. The monoisotopic (exact) mass is 470 g/mol. The summed E-state index contributed by atoms with van der Waals surface area (Å²) >= 11 is 0. The lowest BCUT2D eigenvalue weighted by molar-refractivity contribution is 0.102. The molecule has 1 N–H and O–H groups in total. The van der Waals surface area contributed by atoms with Gasteiger partial charge in [-0.1, -0.05) is 29.2 Å². The van der Waals surface area contributed by atoms with E-state index in [0.717, 1.165) is 5.30 Å². The third-order valence-electron chi connectivity index (χ3n) is 5.23. The van der Waals surface area contributed by atoms with E-state index >= 15 is 0 Å². The Morgan fingerprint density at radius 3 is 2.50 bits per heavy atom. The fraction of sp³-hybridized carbons (Fsp3) is 0.318. The van der Waals surface area contributed by atoms with Crippen LogP contribution in [0.4, 0.5) is 15.9 Å². The van der Waals surface area contributed by atoms with Gasteiger partial charge in [0.25, 0.3) is 5.91 Å². The van der Waals surface area contributed by atoms with Crippen molar-refractivity contribution in [2.75, 3.05) is 23.3 Å². The van der Waals surface area contributed by atoms with E-state index in [4.69, 9.17) is 0 Å². The van der Waals surface area contributed by atoms with Gasteiger partial charge in [-0.2, -0.15) is 0 Å². The number of carbonyl (C=O) groups excluding carboxylic acids is 1. The normalized spacial score (nSPS) is 18.2. The zero-order valence-electron chi connectivity index (χ0n) is 17.9. The molecule has 1 aliphatic rings. The van der Waals surface area contributed by atoms with E-state index < -0.39 is 5.41 Å². The van der Waals surface area contributed by atoms with Gasteiger partial charge in [-0.05, 0) is 17.4 Å². The lowest BCUT2D eigenvalue weighted by atomic mass is 10.1. The molecule has 10 heteroatoms. The van der Waals surface area contributed by atoms with Crippen LogP contribution in [0, 0.1) is 0 Å². The second-order valence-electron chi connectivity index (χ2n) is 8.18. The van der Waals surface area contributed by atoms with Crippen molar-refractivity contribution in [1.82, 2.24) is 19.9 Å². The second kappa shape index (κ2) is 9.13. The average molecular weight is 470 g/mol. The van der Waals surface area contributed by atoms with E-state index in [1.807, 2.05) is 30.9 Å². The molecule has 3 aromatic rings. The second-order valence-corrected chi connectivity index (χ2v) is 9.88. The van der Waals surface area contributed by atoms with Crippen molar-refractivity contribution in [1.29, 1.82) is 0 Å². The van der Waals surface area contributed by atoms with Gasteiger partial charge < -0.3 is 10.2 Å². The van der Waals surface area contributed by atoms with E-state index in [9.17, 15) is 9.18 Å². The highest BCUT2D eigenvalue weighted by Crippen LogP contribution is 2.40. The molecule has 1 fully saturated rings. The summed E-state index contributed by atoms with van der Waals surface area (Å²) in [4.78, 5) is 32.5. The molecule has 1 aliphatic heterocycles. The lowest BCUT2D eigenvalue weighted by Gasteiger charge is -2.23. The molecule has 166 valence electrons. The van der Waals surface area contributed by atoms with Gasteiger partial charge in [-0.15, -0.1) is 9.24 Å². The molecule has 1 amide bonds. The summed E-state index contributed by atoms with van der Waals surface area (Å²) in [5.41, 5.74) is 2.19. The van der Waals surface area contributed by atoms with Crippen LogP contribution in [-0.4, -0.2) is 44.3 Å². The fourth-order valence-corrected chi connectivity index (χ4v) is 4.03. The number of aromatic nitrogens is 4. The molecule has 1 saturated heterocycles. The Hall–Kier alpha value is -2.56. The number of pyridine rings is 2. The molecule has 3 aromatic heterocycles. The van der Waals surface area contributed by atoms with Crippen molar-refractivity contribution < 1.29 is 9.18 Å². The third-order valence-corrected chi connectivity index (χ3v) is 6.05. The van der Waals surface area contributed by atoms with Gasteiger partial charge in [-0.3, -0.25) is 9.78 Å². The number of nitrogens with one attached hydrogen (secondary N) is 1. The molecule has 0 aliphatic carbocycles. The van der Waals surface area contributed by atoms with Crippen LogP contribution in [0.15, 0.2) is 43.0 Å². The molecular formula is C22H25FN6OP2. The van der Waals surface area contributed by atoms with Gasteiger partial charge in [0.15, 0.2) is 5.82 Å². The molecule has 0 saturated carbocycles. The summed E-state index contributed by atoms with van der Waals surface area (Å²) in [5, 5.41) is 2.52. The summed E-state index contributed by atoms with van der Waals surface area (Å²) in [7, 11) is 4.87. The molecular weight excluding hydrogens is 445 g/mol. The highest BCUT2D eigenvalue weighted by atomic mass is 31.0. The first-order chi connectivity index (χ1) is 15.2. The summed E-state index contributed by atoms with van der Waals surface area (Å²) in [6, 6.07) is 5.58. The molecule has 7 nitrogen and oxygen atoms in total. The van der Waals surface area contributed by atoms with Crippen LogP contribution >= 0.6 is 18.5 Å². The van der Waals surface area contributed by atoms with Crippen molar-refractivity contribution in [2.45, 2.75) is 31.6 Å². The van der Waals surface area contributed by atoms with Crippen molar-refractivity contribution in [2.24, 2.45) is 0 Å². The predicted molar refractivity (Wildman–Crippen MR) is 131 cm³/mol. The highest BCUT2D eigenvalue weighted by molar-refractivity contribution is 7.27. The first-order valence-electron chi connectivity index (χ1n) is 10.3. The van der Waals surface area contributed by atoms with Gasteiger partial charge in [0.1, 0.15) is 11.2 Å². The zero-order valence-corrected chi connectivity index (χ0v) is 20.2. The minimum atomic E-state index is -1.39. The Bertz CT molecular complexity index is 1120. The SMILES string of the molecule is CC(C)c1ncc(C(=O)Nc2c(-c3ccc(P)cn3)ccnc2N2CCC(F)(P)C2)cn1. The molecule has 0 aromatic carbocycles. The van der Waals surface area contributed by atoms with Gasteiger partial charge in [-0.25, -0.2) is 19.3 Å².